The van der Waals surface area contributed by atoms with Crippen molar-refractivity contribution in [2.45, 2.75) is 13.0 Å². The molecule has 0 aliphatic heterocycles. The number of furan rings is 1. The van der Waals surface area contributed by atoms with Crippen molar-refractivity contribution in [1.82, 2.24) is 9.55 Å². The van der Waals surface area contributed by atoms with Crippen LogP contribution in [0.5, 0.6) is 0 Å². The standard InChI is InChI=1S/C11H9N3O3/c1-7(14-5-4-13-10(14)6-12)8-2-3-9(17-8)11(15)16/h2-5,7H,1H3,(H,15,16). The fourth-order valence-electron chi connectivity index (χ4n) is 1.54. The first kappa shape index (κ1) is 11.0. The molecule has 0 amide bonds. The van der Waals surface area contributed by atoms with Crippen LogP contribution in [0.4, 0.5) is 0 Å². The number of nitrogens with zero attached hydrogens (tertiary/aromatic N) is 3. The Bertz CT molecular complexity index is 591. The highest BCUT2D eigenvalue weighted by Gasteiger charge is 2.17. The molecule has 86 valence electrons. The second-order valence-electron chi connectivity index (χ2n) is 3.45. The number of rotatable bonds is 3. The molecule has 0 bridgehead atoms. The van der Waals surface area contributed by atoms with Gasteiger partial charge in [0.05, 0.1) is 6.04 Å². The highest BCUT2D eigenvalue weighted by molar-refractivity contribution is 5.84. The maximum absolute atomic E-state index is 10.7. The van der Waals surface area contributed by atoms with E-state index in [0.717, 1.165) is 0 Å². The first-order valence-corrected chi connectivity index (χ1v) is 4.89. The van der Waals surface area contributed by atoms with Gasteiger partial charge in [-0.25, -0.2) is 9.78 Å². The number of aromatic nitrogens is 2. The van der Waals surface area contributed by atoms with Crippen LogP contribution >= 0.6 is 0 Å². The van der Waals surface area contributed by atoms with Crippen LogP contribution in [0.15, 0.2) is 28.9 Å². The molecule has 17 heavy (non-hydrogen) atoms. The van der Waals surface area contributed by atoms with Crippen molar-refractivity contribution < 1.29 is 14.3 Å². The van der Waals surface area contributed by atoms with Crippen molar-refractivity contribution in [3.63, 3.8) is 0 Å². The fraction of sp³-hybridized carbons (Fsp3) is 0.182. The van der Waals surface area contributed by atoms with Gasteiger partial charge < -0.3 is 14.1 Å². The largest absolute Gasteiger partial charge is 0.475 e. The van der Waals surface area contributed by atoms with Crippen LogP contribution in [0.2, 0.25) is 0 Å². The lowest BCUT2D eigenvalue weighted by Gasteiger charge is -2.10. The molecule has 2 rings (SSSR count). The van der Waals surface area contributed by atoms with E-state index in [2.05, 4.69) is 4.98 Å². The second kappa shape index (κ2) is 4.14. The van der Waals surface area contributed by atoms with Gasteiger partial charge in [0.25, 0.3) is 0 Å². The zero-order valence-electron chi connectivity index (χ0n) is 8.99. The minimum atomic E-state index is -1.12. The fourth-order valence-corrected chi connectivity index (χ4v) is 1.54. The summed E-state index contributed by atoms with van der Waals surface area (Å²) in [5.41, 5.74) is 0. The molecule has 6 heteroatoms. The van der Waals surface area contributed by atoms with Gasteiger partial charge in [-0.3, -0.25) is 0 Å². The van der Waals surface area contributed by atoms with Gasteiger partial charge in [-0.1, -0.05) is 0 Å². The molecule has 0 saturated heterocycles. The average Bonchev–Trinajstić information content (AvgIpc) is 2.96. The Morgan fingerprint density at radius 2 is 2.41 bits per heavy atom. The molecule has 1 N–H and O–H groups in total. The van der Waals surface area contributed by atoms with Gasteiger partial charge in [0.1, 0.15) is 11.8 Å². The summed E-state index contributed by atoms with van der Waals surface area (Å²) >= 11 is 0. The smallest absolute Gasteiger partial charge is 0.371 e. The first-order valence-electron chi connectivity index (χ1n) is 4.89. The monoisotopic (exact) mass is 231 g/mol. The minimum Gasteiger partial charge on any atom is -0.475 e. The molecule has 2 aromatic rings. The third kappa shape index (κ3) is 1.90. The second-order valence-corrected chi connectivity index (χ2v) is 3.45. The van der Waals surface area contributed by atoms with E-state index in [-0.39, 0.29) is 17.6 Å². The molecule has 2 heterocycles. The third-order valence-corrected chi connectivity index (χ3v) is 2.44. The summed E-state index contributed by atoms with van der Waals surface area (Å²) < 4.78 is 6.79. The van der Waals surface area contributed by atoms with Gasteiger partial charge in [-0.2, -0.15) is 5.26 Å². The number of aromatic carboxylic acids is 1. The molecule has 0 aliphatic carbocycles. The van der Waals surface area contributed by atoms with Gasteiger partial charge in [-0.05, 0) is 19.1 Å². The third-order valence-electron chi connectivity index (χ3n) is 2.44. The van der Waals surface area contributed by atoms with E-state index >= 15 is 0 Å². The van der Waals surface area contributed by atoms with Gasteiger partial charge in [0.2, 0.25) is 11.6 Å². The van der Waals surface area contributed by atoms with Crippen LogP contribution in [0, 0.1) is 11.3 Å². The molecule has 0 fully saturated rings. The molecule has 0 aromatic carbocycles. The van der Waals surface area contributed by atoms with Gasteiger partial charge >= 0.3 is 5.97 Å². The molecular weight excluding hydrogens is 222 g/mol. The van der Waals surface area contributed by atoms with Crippen LogP contribution in [0.25, 0.3) is 0 Å². The van der Waals surface area contributed by atoms with Crippen LogP contribution in [0.3, 0.4) is 0 Å². The van der Waals surface area contributed by atoms with Gasteiger partial charge in [-0.15, -0.1) is 0 Å². The highest BCUT2D eigenvalue weighted by atomic mass is 16.4. The van der Waals surface area contributed by atoms with E-state index in [1.165, 1.54) is 12.3 Å². The van der Waals surface area contributed by atoms with Gasteiger partial charge in [0.15, 0.2) is 0 Å². The average molecular weight is 231 g/mol. The summed E-state index contributed by atoms with van der Waals surface area (Å²) in [6, 6.07) is 4.64. The van der Waals surface area contributed by atoms with Crippen molar-refractivity contribution >= 4 is 5.97 Å². The Labute approximate surface area is 96.7 Å². The van der Waals surface area contributed by atoms with Crippen LogP contribution in [-0.2, 0) is 0 Å². The summed E-state index contributed by atoms with van der Waals surface area (Å²) in [4.78, 5) is 14.5. The lowest BCUT2D eigenvalue weighted by Crippen LogP contribution is -2.07. The lowest BCUT2D eigenvalue weighted by molar-refractivity contribution is 0.0659. The minimum absolute atomic E-state index is 0.120. The molecule has 1 unspecified atom stereocenters. The van der Waals surface area contributed by atoms with Crippen molar-refractivity contribution in [3.05, 3.63) is 41.9 Å². The van der Waals surface area contributed by atoms with E-state index in [1.807, 2.05) is 6.07 Å². The predicted octanol–water partition coefficient (Wildman–Crippen LogP) is 1.66. The van der Waals surface area contributed by atoms with E-state index in [1.54, 1.807) is 23.8 Å². The van der Waals surface area contributed by atoms with Gasteiger partial charge in [0, 0.05) is 12.4 Å². The Balaban J connectivity index is 2.34. The number of imidazole rings is 1. The van der Waals surface area contributed by atoms with E-state index in [9.17, 15) is 4.79 Å². The molecule has 1 atom stereocenters. The Morgan fingerprint density at radius 1 is 1.65 bits per heavy atom. The molecule has 6 nitrogen and oxygen atoms in total. The summed E-state index contributed by atoms with van der Waals surface area (Å²) in [5, 5.41) is 17.6. The van der Waals surface area contributed by atoms with Crippen LogP contribution in [-0.4, -0.2) is 20.6 Å². The summed E-state index contributed by atoms with van der Waals surface area (Å²) in [7, 11) is 0. The predicted molar refractivity (Wildman–Crippen MR) is 56.4 cm³/mol. The van der Waals surface area contributed by atoms with E-state index < -0.39 is 5.97 Å². The Hall–Kier alpha value is -2.55. The molecule has 0 spiro atoms. The normalized spacial score (nSPS) is 12.0. The maximum Gasteiger partial charge on any atom is 0.371 e. The van der Waals surface area contributed by atoms with Crippen molar-refractivity contribution in [2.24, 2.45) is 0 Å². The number of hydrogen-bond donors (Lipinski definition) is 1. The molecule has 2 aromatic heterocycles. The van der Waals surface area contributed by atoms with Crippen LogP contribution in [0.1, 0.15) is 35.1 Å². The zero-order chi connectivity index (χ0) is 12.4. The van der Waals surface area contributed by atoms with E-state index in [4.69, 9.17) is 14.8 Å². The Kier molecular flexibility index (Phi) is 2.66. The highest BCUT2D eigenvalue weighted by Crippen LogP contribution is 2.21. The van der Waals surface area contributed by atoms with E-state index in [0.29, 0.717) is 5.76 Å². The summed E-state index contributed by atoms with van der Waals surface area (Å²) in [6.07, 6.45) is 3.16. The van der Waals surface area contributed by atoms with Crippen molar-refractivity contribution in [1.29, 1.82) is 5.26 Å². The molecule has 0 radical (unpaired) electrons. The summed E-state index contributed by atoms with van der Waals surface area (Å²) in [6.45, 7) is 1.80. The SMILES string of the molecule is CC(c1ccc(C(=O)O)o1)n1ccnc1C#N. The summed E-state index contributed by atoms with van der Waals surface area (Å²) in [5.74, 6) is -0.511. The molecule has 0 aliphatic rings. The number of carbonyl (C=O) groups is 1. The number of hydrogen-bond acceptors (Lipinski definition) is 4. The quantitative estimate of drug-likeness (QED) is 0.867. The maximum atomic E-state index is 10.7. The number of nitriles is 1. The lowest BCUT2D eigenvalue weighted by atomic mass is 10.2. The number of carboxylic acid groups (broad SMARTS) is 1. The van der Waals surface area contributed by atoms with Crippen molar-refractivity contribution in [2.75, 3.05) is 0 Å². The zero-order valence-corrected chi connectivity index (χ0v) is 8.99. The molecule has 0 saturated carbocycles. The van der Waals surface area contributed by atoms with Crippen LogP contribution < -0.4 is 0 Å². The first-order chi connectivity index (χ1) is 8.13. The van der Waals surface area contributed by atoms with Crippen molar-refractivity contribution in [3.8, 4) is 6.07 Å². The molecular formula is C11H9N3O3. The topological polar surface area (TPSA) is 92.0 Å². The Morgan fingerprint density at radius 3 is 3.00 bits per heavy atom. The number of carboxylic acids is 1.